The number of carbonyl (C=O) groups excluding carboxylic acids is 1. The van der Waals surface area contributed by atoms with E-state index in [0.717, 1.165) is 5.56 Å². The maximum atomic E-state index is 12.7. The first kappa shape index (κ1) is 22.3. The fourth-order valence-electron chi connectivity index (χ4n) is 3.30. The molecule has 7 nitrogen and oxygen atoms in total. The van der Waals surface area contributed by atoms with Crippen molar-refractivity contribution >= 4 is 29.1 Å². The van der Waals surface area contributed by atoms with Gasteiger partial charge in [-0.05, 0) is 74.8 Å². The minimum absolute atomic E-state index is 0.155. The largest absolute Gasteiger partial charge is 0.539 e. The maximum absolute atomic E-state index is 12.7. The first-order chi connectivity index (χ1) is 14.3. The van der Waals surface area contributed by atoms with Gasteiger partial charge >= 0.3 is 7.69 Å². The molecule has 1 amide bonds. The molecule has 2 N–H and O–H groups in total. The van der Waals surface area contributed by atoms with Gasteiger partial charge in [0.25, 0.3) is 0 Å². The van der Waals surface area contributed by atoms with Crippen molar-refractivity contribution < 1.29 is 22.9 Å². The summed E-state index contributed by atoms with van der Waals surface area (Å²) in [6.45, 7) is 0.475. The first-order valence-corrected chi connectivity index (χ1v) is 11.5. The standard InChI is InChI=1S/C21H27BN2O5S/c1-24(2)14-16-13-17(7-10-20(16)30(27,28)19-8-9-19)23-21(25)11-6-15-4-3-5-18(12-15)29-22-26/h3-5,7,10,12-13,19,22,26H,6,8-9,11,14H2,1-2H3,(H,23,25). The van der Waals surface area contributed by atoms with Gasteiger partial charge in [-0.3, -0.25) is 4.79 Å². The number of anilines is 1. The summed E-state index contributed by atoms with van der Waals surface area (Å²) in [4.78, 5) is 14.7. The van der Waals surface area contributed by atoms with Crippen LogP contribution in [0.25, 0.3) is 0 Å². The number of amides is 1. The Bertz CT molecular complexity index is 1010. The SMILES string of the molecule is CN(C)Cc1cc(NC(=O)CCc2cccc(OBO)c2)ccc1S(=O)(=O)C1CC1. The minimum Gasteiger partial charge on any atom is -0.539 e. The Morgan fingerprint density at radius 3 is 2.67 bits per heavy atom. The molecule has 160 valence electrons. The minimum atomic E-state index is -3.31. The molecule has 1 aliphatic rings. The molecule has 0 bridgehead atoms. The molecule has 0 atom stereocenters. The summed E-state index contributed by atoms with van der Waals surface area (Å²) < 4.78 is 30.5. The zero-order valence-electron chi connectivity index (χ0n) is 17.3. The number of nitrogens with zero attached hydrogens (tertiary/aromatic N) is 1. The zero-order chi connectivity index (χ0) is 21.7. The van der Waals surface area contributed by atoms with E-state index >= 15 is 0 Å². The molecule has 1 fully saturated rings. The van der Waals surface area contributed by atoms with E-state index in [1.54, 1.807) is 30.3 Å². The maximum Gasteiger partial charge on any atom is 0.504 e. The smallest absolute Gasteiger partial charge is 0.504 e. The molecular weight excluding hydrogens is 403 g/mol. The van der Waals surface area contributed by atoms with Crippen LogP contribution < -0.4 is 9.97 Å². The van der Waals surface area contributed by atoms with Gasteiger partial charge < -0.3 is 19.9 Å². The van der Waals surface area contributed by atoms with Crippen molar-refractivity contribution in [3.05, 3.63) is 53.6 Å². The monoisotopic (exact) mass is 430 g/mol. The van der Waals surface area contributed by atoms with E-state index in [-0.39, 0.29) is 17.6 Å². The van der Waals surface area contributed by atoms with Crippen LogP contribution in [0.4, 0.5) is 5.69 Å². The molecule has 30 heavy (non-hydrogen) atoms. The lowest BCUT2D eigenvalue weighted by Crippen LogP contribution is -2.18. The summed E-state index contributed by atoms with van der Waals surface area (Å²) in [6, 6.07) is 12.2. The second-order valence-corrected chi connectivity index (χ2v) is 9.97. The summed E-state index contributed by atoms with van der Waals surface area (Å²) in [5, 5.41) is 11.4. The van der Waals surface area contributed by atoms with E-state index < -0.39 is 17.5 Å². The van der Waals surface area contributed by atoms with Gasteiger partial charge in [0, 0.05) is 18.7 Å². The van der Waals surface area contributed by atoms with Crippen LogP contribution in [0.1, 0.15) is 30.4 Å². The third-order valence-electron chi connectivity index (χ3n) is 4.87. The van der Waals surface area contributed by atoms with Crippen LogP contribution >= 0.6 is 0 Å². The van der Waals surface area contributed by atoms with Crippen LogP contribution in [0.5, 0.6) is 5.75 Å². The normalized spacial score (nSPS) is 13.9. The molecule has 9 heteroatoms. The van der Waals surface area contributed by atoms with E-state index in [9.17, 15) is 13.2 Å². The molecule has 2 aromatic rings. The van der Waals surface area contributed by atoms with E-state index in [1.807, 2.05) is 31.1 Å². The topological polar surface area (TPSA) is 95.9 Å². The van der Waals surface area contributed by atoms with Crippen LogP contribution in [0.15, 0.2) is 47.4 Å². The highest BCUT2D eigenvalue weighted by atomic mass is 32.2. The van der Waals surface area contributed by atoms with Crippen molar-refractivity contribution in [1.82, 2.24) is 4.90 Å². The lowest BCUT2D eigenvalue weighted by molar-refractivity contribution is -0.116. The summed E-state index contributed by atoms with van der Waals surface area (Å²) >= 11 is 0. The highest BCUT2D eigenvalue weighted by molar-refractivity contribution is 7.92. The van der Waals surface area contributed by atoms with Gasteiger partial charge in [0.2, 0.25) is 5.91 Å². The highest BCUT2D eigenvalue weighted by Crippen LogP contribution is 2.36. The van der Waals surface area contributed by atoms with Crippen molar-refractivity contribution in [2.24, 2.45) is 0 Å². The Kier molecular flexibility index (Phi) is 7.17. The fourth-order valence-corrected chi connectivity index (χ4v) is 5.17. The third kappa shape index (κ3) is 5.84. The molecule has 2 aromatic carbocycles. The number of rotatable bonds is 10. The van der Waals surface area contributed by atoms with Gasteiger partial charge in [-0.2, -0.15) is 0 Å². The van der Waals surface area contributed by atoms with Gasteiger partial charge in [0.05, 0.1) is 10.1 Å². The molecule has 3 rings (SSSR count). The molecule has 1 aliphatic carbocycles. The van der Waals surface area contributed by atoms with Gasteiger partial charge in [0.1, 0.15) is 5.75 Å². The summed E-state index contributed by atoms with van der Waals surface area (Å²) in [5.74, 6) is 0.397. The molecule has 0 spiro atoms. The number of benzene rings is 2. The molecule has 0 unspecified atom stereocenters. The molecule has 0 aromatic heterocycles. The van der Waals surface area contributed by atoms with Gasteiger partial charge in [0.15, 0.2) is 9.84 Å². The van der Waals surface area contributed by atoms with Crippen molar-refractivity contribution in [2.75, 3.05) is 19.4 Å². The molecule has 0 heterocycles. The second kappa shape index (κ2) is 9.64. The number of nitrogens with one attached hydrogen (secondary N) is 1. The van der Waals surface area contributed by atoms with E-state index in [2.05, 4.69) is 5.32 Å². The van der Waals surface area contributed by atoms with E-state index in [1.165, 1.54) is 0 Å². The van der Waals surface area contributed by atoms with Crippen molar-refractivity contribution in [3.63, 3.8) is 0 Å². The molecule has 1 saturated carbocycles. The fraction of sp³-hybridized carbons (Fsp3) is 0.381. The Morgan fingerprint density at radius 1 is 1.23 bits per heavy atom. The lowest BCUT2D eigenvalue weighted by atomic mass is 10.1. The van der Waals surface area contributed by atoms with Crippen LogP contribution in [-0.4, -0.2) is 51.3 Å². The number of hydrogen-bond donors (Lipinski definition) is 2. The highest BCUT2D eigenvalue weighted by Gasteiger charge is 2.38. The number of hydrogen-bond acceptors (Lipinski definition) is 6. The summed E-state index contributed by atoms with van der Waals surface area (Å²) in [6.07, 6.45) is 2.22. The zero-order valence-corrected chi connectivity index (χ0v) is 18.1. The van der Waals surface area contributed by atoms with Crippen molar-refractivity contribution in [2.45, 2.75) is 42.4 Å². The van der Waals surface area contributed by atoms with Gasteiger partial charge in [-0.25, -0.2) is 8.42 Å². The predicted molar refractivity (Wildman–Crippen MR) is 117 cm³/mol. The van der Waals surface area contributed by atoms with Gasteiger partial charge in [-0.15, -0.1) is 0 Å². The summed E-state index contributed by atoms with van der Waals surface area (Å²) in [5.41, 5.74) is 2.21. The van der Waals surface area contributed by atoms with E-state index in [0.29, 0.717) is 47.7 Å². The molecular formula is C21H27BN2O5S. The van der Waals surface area contributed by atoms with Crippen LogP contribution in [-0.2, 0) is 27.6 Å². The Labute approximate surface area is 178 Å². The third-order valence-corrected chi connectivity index (χ3v) is 7.23. The number of sulfone groups is 1. The van der Waals surface area contributed by atoms with Crippen LogP contribution in [0, 0.1) is 0 Å². The van der Waals surface area contributed by atoms with Gasteiger partial charge in [-0.1, -0.05) is 12.1 Å². The Hall–Kier alpha value is -2.36. The molecule has 0 saturated heterocycles. The lowest BCUT2D eigenvalue weighted by Gasteiger charge is -2.16. The van der Waals surface area contributed by atoms with Crippen LogP contribution in [0.3, 0.4) is 0 Å². The predicted octanol–water partition coefficient (Wildman–Crippen LogP) is 1.89. The van der Waals surface area contributed by atoms with Crippen molar-refractivity contribution in [1.29, 1.82) is 0 Å². The second-order valence-electron chi connectivity index (χ2n) is 7.77. The Morgan fingerprint density at radius 2 is 2.00 bits per heavy atom. The van der Waals surface area contributed by atoms with Crippen molar-refractivity contribution in [3.8, 4) is 5.75 Å². The molecule has 0 radical (unpaired) electrons. The average Bonchev–Trinajstić information content (AvgIpc) is 3.52. The molecule has 0 aliphatic heterocycles. The van der Waals surface area contributed by atoms with E-state index in [4.69, 9.17) is 9.68 Å². The number of carbonyl (C=O) groups is 1. The Balaban J connectivity index is 1.68. The summed E-state index contributed by atoms with van der Waals surface area (Å²) in [7, 11) is 0.0561. The van der Waals surface area contributed by atoms with Crippen LogP contribution in [0.2, 0.25) is 0 Å². The first-order valence-electron chi connectivity index (χ1n) is 9.93. The quantitative estimate of drug-likeness (QED) is 0.559. The number of aryl methyl sites for hydroxylation is 1. The average molecular weight is 430 g/mol.